The monoisotopic (exact) mass is 237 g/mol. The van der Waals surface area contributed by atoms with E-state index in [0.717, 1.165) is 0 Å². The average Bonchev–Trinajstić information content (AvgIpc) is 2.27. The van der Waals surface area contributed by atoms with E-state index in [2.05, 4.69) is 11.2 Å². The zero-order valence-electron chi connectivity index (χ0n) is 8.61. The molecule has 3 nitrogen and oxygen atoms in total. The predicted molar refractivity (Wildman–Crippen MR) is 62.9 cm³/mol. The summed E-state index contributed by atoms with van der Waals surface area (Å²) in [6, 6.07) is 6.70. The lowest BCUT2D eigenvalue weighted by atomic mass is 10.1. The van der Waals surface area contributed by atoms with Crippen molar-refractivity contribution in [3.8, 4) is 12.3 Å². The minimum absolute atomic E-state index is 0.0106. The Hall–Kier alpha value is -1.50. The third-order valence-electron chi connectivity index (χ3n) is 2.02. The lowest BCUT2D eigenvalue weighted by molar-refractivity contribution is -0.122. The fourth-order valence-electron chi connectivity index (χ4n) is 1.20. The number of halogens is 1. The number of aliphatic hydroxyl groups is 1. The maximum absolute atomic E-state index is 11.3. The number of carbonyl (C=O) groups is 1. The van der Waals surface area contributed by atoms with Crippen LogP contribution in [-0.2, 0) is 4.79 Å². The van der Waals surface area contributed by atoms with E-state index in [1.165, 1.54) is 0 Å². The molecular formula is C12H12ClNO2. The van der Waals surface area contributed by atoms with Gasteiger partial charge in [-0.2, -0.15) is 0 Å². The van der Waals surface area contributed by atoms with Crippen molar-refractivity contribution < 1.29 is 9.90 Å². The highest BCUT2D eigenvalue weighted by atomic mass is 35.5. The van der Waals surface area contributed by atoms with Crippen molar-refractivity contribution >= 4 is 17.5 Å². The molecule has 0 aliphatic heterocycles. The Balaban J connectivity index is 2.52. The molecule has 1 rings (SSSR count). The Kier molecular flexibility index (Phi) is 4.84. The summed E-state index contributed by atoms with van der Waals surface area (Å²) in [6.45, 7) is 0.173. The zero-order chi connectivity index (χ0) is 12.0. The van der Waals surface area contributed by atoms with Crippen LogP contribution in [0, 0.1) is 12.3 Å². The van der Waals surface area contributed by atoms with Gasteiger partial charge < -0.3 is 10.4 Å². The fourth-order valence-corrected chi connectivity index (χ4v) is 1.33. The first-order chi connectivity index (χ1) is 7.63. The molecule has 1 unspecified atom stereocenters. The second kappa shape index (κ2) is 6.16. The second-order valence-electron chi connectivity index (χ2n) is 3.25. The van der Waals surface area contributed by atoms with Crippen LogP contribution in [-0.4, -0.2) is 17.6 Å². The van der Waals surface area contributed by atoms with E-state index in [0.29, 0.717) is 10.6 Å². The lowest BCUT2D eigenvalue weighted by Crippen LogP contribution is -2.25. The van der Waals surface area contributed by atoms with Gasteiger partial charge in [0, 0.05) is 5.02 Å². The number of terminal acetylenes is 1. The number of rotatable bonds is 4. The quantitative estimate of drug-likeness (QED) is 0.780. The van der Waals surface area contributed by atoms with Gasteiger partial charge in [-0.1, -0.05) is 29.7 Å². The molecule has 0 radical (unpaired) electrons. The molecule has 0 aliphatic rings. The first-order valence-electron chi connectivity index (χ1n) is 4.77. The van der Waals surface area contributed by atoms with Gasteiger partial charge in [0.25, 0.3) is 0 Å². The summed E-state index contributed by atoms with van der Waals surface area (Å²) < 4.78 is 0. The van der Waals surface area contributed by atoms with Crippen LogP contribution in [0.2, 0.25) is 5.02 Å². The zero-order valence-corrected chi connectivity index (χ0v) is 9.37. The summed E-state index contributed by atoms with van der Waals surface area (Å²) in [4.78, 5) is 11.3. The molecule has 0 fully saturated rings. The van der Waals surface area contributed by atoms with Crippen LogP contribution >= 0.6 is 11.6 Å². The largest absolute Gasteiger partial charge is 0.388 e. The number of amides is 1. The van der Waals surface area contributed by atoms with Crippen molar-refractivity contribution in [2.24, 2.45) is 0 Å². The molecular weight excluding hydrogens is 226 g/mol. The molecule has 2 N–H and O–H groups in total. The van der Waals surface area contributed by atoms with Gasteiger partial charge in [-0.15, -0.1) is 6.42 Å². The molecule has 0 aliphatic carbocycles. The fraction of sp³-hybridized carbons (Fsp3) is 0.250. The van der Waals surface area contributed by atoms with Gasteiger partial charge in [0.15, 0.2) is 0 Å². The highest BCUT2D eigenvalue weighted by molar-refractivity contribution is 6.30. The standard InChI is InChI=1S/C12H12ClNO2/c1-2-7-14-12(16)8-11(15)9-3-5-10(13)6-4-9/h1,3-6,11,15H,7-8H2,(H,14,16). The third kappa shape index (κ3) is 3.93. The summed E-state index contributed by atoms with van der Waals surface area (Å²) >= 11 is 5.71. The molecule has 0 saturated carbocycles. The first kappa shape index (κ1) is 12.6. The molecule has 1 aromatic carbocycles. The number of nitrogens with one attached hydrogen (secondary N) is 1. The summed E-state index contributed by atoms with van der Waals surface area (Å²) in [5.74, 6) is 2.01. The SMILES string of the molecule is C#CCNC(=O)CC(O)c1ccc(Cl)cc1. The van der Waals surface area contributed by atoms with Crippen LogP contribution < -0.4 is 5.32 Å². The van der Waals surface area contributed by atoms with Crippen molar-refractivity contribution in [1.29, 1.82) is 0 Å². The molecule has 0 saturated heterocycles. The highest BCUT2D eigenvalue weighted by Crippen LogP contribution is 2.18. The van der Waals surface area contributed by atoms with Crippen molar-refractivity contribution in [3.63, 3.8) is 0 Å². The Morgan fingerprint density at radius 3 is 2.69 bits per heavy atom. The lowest BCUT2D eigenvalue weighted by Gasteiger charge is -2.10. The van der Waals surface area contributed by atoms with Gasteiger partial charge in [0.2, 0.25) is 5.91 Å². The van der Waals surface area contributed by atoms with E-state index in [1.807, 2.05) is 0 Å². The Morgan fingerprint density at radius 1 is 1.50 bits per heavy atom. The minimum Gasteiger partial charge on any atom is -0.388 e. The summed E-state index contributed by atoms with van der Waals surface area (Å²) in [5.41, 5.74) is 0.653. The molecule has 1 aromatic rings. The van der Waals surface area contributed by atoms with E-state index in [1.54, 1.807) is 24.3 Å². The van der Waals surface area contributed by atoms with Gasteiger partial charge in [-0.05, 0) is 17.7 Å². The van der Waals surface area contributed by atoms with Gasteiger partial charge in [-0.25, -0.2) is 0 Å². The normalized spacial score (nSPS) is 11.6. The Morgan fingerprint density at radius 2 is 2.12 bits per heavy atom. The molecule has 0 heterocycles. The van der Waals surface area contributed by atoms with Crippen LogP contribution in [0.25, 0.3) is 0 Å². The van der Waals surface area contributed by atoms with Crippen LogP contribution in [0.4, 0.5) is 0 Å². The smallest absolute Gasteiger partial charge is 0.223 e. The number of aliphatic hydroxyl groups excluding tert-OH is 1. The van der Waals surface area contributed by atoms with Crippen molar-refractivity contribution in [2.45, 2.75) is 12.5 Å². The average molecular weight is 238 g/mol. The maximum atomic E-state index is 11.3. The molecule has 1 atom stereocenters. The topological polar surface area (TPSA) is 49.3 Å². The molecule has 1 amide bonds. The second-order valence-corrected chi connectivity index (χ2v) is 3.69. The Bertz CT molecular complexity index is 394. The summed E-state index contributed by atoms with van der Waals surface area (Å²) in [6.07, 6.45) is 4.14. The molecule has 16 heavy (non-hydrogen) atoms. The number of hydrogen-bond donors (Lipinski definition) is 2. The van der Waals surface area contributed by atoms with E-state index < -0.39 is 6.10 Å². The number of hydrogen-bond acceptors (Lipinski definition) is 2. The molecule has 0 spiro atoms. The number of carbonyl (C=O) groups excluding carboxylic acids is 1. The molecule has 0 bridgehead atoms. The van der Waals surface area contributed by atoms with Crippen LogP contribution in [0.15, 0.2) is 24.3 Å². The molecule has 0 aromatic heterocycles. The van der Waals surface area contributed by atoms with Crippen LogP contribution in [0.3, 0.4) is 0 Å². The van der Waals surface area contributed by atoms with Crippen molar-refractivity contribution in [1.82, 2.24) is 5.32 Å². The van der Waals surface area contributed by atoms with Gasteiger partial charge >= 0.3 is 0 Å². The van der Waals surface area contributed by atoms with E-state index in [9.17, 15) is 9.90 Å². The summed E-state index contributed by atoms with van der Waals surface area (Å²) in [5, 5.41) is 12.8. The minimum atomic E-state index is -0.838. The van der Waals surface area contributed by atoms with Crippen molar-refractivity contribution in [2.75, 3.05) is 6.54 Å². The first-order valence-corrected chi connectivity index (χ1v) is 5.15. The van der Waals surface area contributed by atoms with E-state index in [4.69, 9.17) is 18.0 Å². The van der Waals surface area contributed by atoms with E-state index >= 15 is 0 Å². The molecule has 4 heteroatoms. The van der Waals surface area contributed by atoms with Crippen LogP contribution in [0.1, 0.15) is 18.1 Å². The van der Waals surface area contributed by atoms with Crippen LogP contribution in [0.5, 0.6) is 0 Å². The van der Waals surface area contributed by atoms with Crippen molar-refractivity contribution in [3.05, 3.63) is 34.9 Å². The van der Waals surface area contributed by atoms with Gasteiger partial charge in [0.1, 0.15) is 0 Å². The number of benzene rings is 1. The highest BCUT2D eigenvalue weighted by Gasteiger charge is 2.12. The van der Waals surface area contributed by atoms with Gasteiger partial charge in [-0.3, -0.25) is 4.79 Å². The third-order valence-corrected chi connectivity index (χ3v) is 2.27. The predicted octanol–water partition coefficient (Wildman–Crippen LogP) is 1.51. The maximum Gasteiger partial charge on any atom is 0.223 e. The molecule has 84 valence electrons. The van der Waals surface area contributed by atoms with E-state index in [-0.39, 0.29) is 18.9 Å². The summed E-state index contributed by atoms with van der Waals surface area (Å²) in [7, 11) is 0. The van der Waals surface area contributed by atoms with Gasteiger partial charge in [0.05, 0.1) is 19.1 Å². The Labute approximate surface area is 99.4 Å².